The second-order valence-electron chi connectivity index (χ2n) is 3.70. The molecule has 0 unspecified atom stereocenters. The highest BCUT2D eigenvalue weighted by atomic mass is 32.1. The molecule has 88 valence electrons. The van der Waals surface area contributed by atoms with Crippen LogP contribution in [0.4, 0.5) is 0 Å². The first-order chi connectivity index (χ1) is 7.79. The number of carbonyl (C=O) groups excluding carboxylic acids is 1. The van der Waals surface area contributed by atoms with Gasteiger partial charge in [-0.25, -0.2) is 0 Å². The molecule has 0 aliphatic rings. The van der Waals surface area contributed by atoms with Gasteiger partial charge in [-0.05, 0) is 24.8 Å². The Balaban J connectivity index is 1.94. The fraction of sp³-hybridized carbons (Fsp3) is 0.462. The van der Waals surface area contributed by atoms with E-state index < -0.39 is 0 Å². The zero-order chi connectivity index (χ0) is 11.6. The summed E-state index contributed by atoms with van der Waals surface area (Å²) in [4.78, 5) is 10.5. The molecule has 0 heterocycles. The Morgan fingerprint density at radius 2 is 1.88 bits per heavy atom. The molecule has 0 aliphatic heterocycles. The van der Waals surface area contributed by atoms with Crippen LogP contribution < -0.4 is 0 Å². The molecule has 3 heteroatoms. The van der Waals surface area contributed by atoms with Crippen LogP contribution in [0.2, 0.25) is 0 Å². The molecule has 0 radical (unpaired) electrons. The SMILES string of the molecule is O=C(S)CCCCOCCc1ccccc1. The van der Waals surface area contributed by atoms with Crippen molar-refractivity contribution in [2.75, 3.05) is 13.2 Å². The number of carbonyl (C=O) groups is 1. The molecule has 0 atom stereocenters. The van der Waals surface area contributed by atoms with Crippen LogP contribution in [-0.4, -0.2) is 18.3 Å². The number of thiol groups is 1. The summed E-state index contributed by atoms with van der Waals surface area (Å²) in [5, 5.41) is -0.0377. The second kappa shape index (κ2) is 8.36. The van der Waals surface area contributed by atoms with Crippen LogP contribution in [0.25, 0.3) is 0 Å². The van der Waals surface area contributed by atoms with Crippen molar-refractivity contribution in [1.29, 1.82) is 0 Å². The Morgan fingerprint density at radius 3 is 2.56 bits per heavy atom. The molecule has 16 heavy (non-hydrogen) atoms. The highest BCUT2D eigenvalue weighted by Crippen LogP contribution is 2.01. The van der Waals surface area contributed by atoms with E-state index in [1.807, 2.05) is 18.2 Å². The lowest BCUT2D eigenvalue weighted by Gasteiger charge is -2.03. The summed E-state index contributed by atoms with van der Waals surface area (Å²) in [6, 6.07) is 10.3. The Hall–Kier alpha value is -0.800. The molecule has 0 aromatic heterocycles. The predicted octanol–water partition coefficient (Wildman–Crippen LogP) is 2.87. The fourth-order valence-corrected chi connectivity index (χ4v) is 1.58. The average Bonchev–Trinajstić information content (AvgIpc) is 2.29. The van der Waals surface area contributed by atoms with Crippen molar-refractivity contribution in [2.45, 2.75) is 25.7 Å². The molecule has 1 aromatic rings. The summed E-state index contributed by atoms with van der Waals surface area (Å²) in [5.74, 6) is 0. The minimum atomic E-state index is -0.0377. The number of rotatable bonds is 8. The van der Waals surface area contributed by atoms with Gasteiger partial charge in [0, 0.05) is 13.0 Å². The highest BCUT2D eigenvalue weighted by Gasteiger charge is 1.95. The molecule has 0 saturated carbocycles. The smallest absolute Gasteiger partial charge is 0.185 e. The molecular weight excluding hydrogens is 220 g/mol. The van der Waals surface area contributed by atoms with E-state index in [1.165, 1.54) is 5.56 Å². The standard InChI is InChI=1S/C13H18O2S/c14-13(16)8-4-5-10-15-11-9-12-6-2-1-3-7-12/h1-3,6-7H,4-5,8-11H2,(H,14,16). The maximum atomic E-state index is 10.5. The third-order valence-corrected chi connectivity index (χ3v) is 2.53. The summed E-state index contributed by atoms with van der Waals surface area (Å²) in [6.45, 7) is 1.48. The third-order valence-electron chi connectivity index (χ3n) is 2.31. The van der Waals surface area contributed by atoms with Crippen LogP contribution in [0.1, 0.15) is 24.8 Å². The maximum absolute atomic E-state index is 10.5. The minimum Gasteiger partial charge on any atom is -0.381 e. The number of unbranched alkanes of at least 4 members (excludes halogenated alkanes) is 1. The average molecular weight is 238 g/mol. The Kier molecular flexibility index (Phi) is 6.93. The largest absolute Gasteiger partial charge is 0.381 e. The summed E-state index contributed by atoms with van der Waals surface area (Å²) in [6.07, 6.45) is 3.30. The van der Waals surface area contributed by atoms with Gasteiger partial charge in [0.25, 0.3) is 0 Å². The van der Waals surface area contributed by atoms with Gasteiger partial charge in [-0.1, -0.05) is 30.3 Å². The van der Waals surface area contributed by atoms with Crippen molar-refractivity contribution in [2.24, 2.45) is 0 Å². The van der Waals surface area contributed by atoms with Crippen molar-refractivity contribution in [3.05, 3.63) is 35.9 Å². The van der Waals surface area contributed by atoms with Gasteiger partial charge >= 0.3 is 0 Å². The van der Waals surface area contributed by atoms with Crippen molar-refractivity contribution in [3.8, 4) is 0 Å². The van der Waals surface area contributed by atoms with E-state index in [0.29, 0.717) is 6.42 Å². The maximum Gasteiger partial charge on any atom is 0.185 e. The normalized spacial score (nSPS) is 10.3. The summed E-state index contributed by atoms with van der Waals surface area (Å²) in [5.41, 5.74) is 1.30. The Morgan fingerprint density at radius 1 is 1.12 bits per heavy atom. The van der Waals surface area contributed by atoms with Gasteiger partial charge in [-0.3, -0.25) is 4.79 Å². The van der Waals surface area contributed by atoms with Crippen molar-refractivity contribution < 1.29 is 9.53 Å². The lowest BCUT2D eigenvalue weighted by atomic mass is 10.2. The first-order valence-corrected chi connectivity index (χ1v) is 6.07. The van der Waals surface area contributed by atoms with Gasteiger partial charge in [0.2, 0.25) is 0 Å². The van der Waals surface area contributed by atoms with Crippen LogP contribution in [0.5, 0.6) is 0 Å². The first kappa shape index (κ1) is 13.3. The Bertz CT molecular complexity index is 298. The van der Waals surface area contributed by atoms with Gasteiger partial charge in [0.15, 0.2) is 5.12 Å². The van der Waals surface area contributed by atoms with Crippen molar-refractivity contribution in [1.82, 2.24) is 0 Å². The van der Waals surface area contributed by atoms with E-state index in [-0.39, 0.29) is 5.12 Å². The summed E-state index contributed by atoms with van der Waals surface area (Å²) >= 11 is 3.71. The van der Waals surface area contributed by atoms with Gasteiger partial charge in [-0.2, -0.15) is 0 Å². The quantitative estimate of drug-likeness (QED) is 0.557. The topological polar surface area (TPSA) is 26.3 Å². The molecular formula is C13H18O2S. The van der Waals surface area contributed by atoms with Crippen LogP contribution in [0.3, 0.4) is 0 Å². The minimum absolute atomic E-state index is 0.0377. The highest BCUT2D eigenvalue weighted by molar-refractivity contribution is 7.96. The van der Waals surface area contributed by atoms with Crippen LogP contribution in [0, 0.1) is 0 Å². The third kappa shape index (κ3) is 6.64. The number of benzene rings is 1. The predicted molar refractivity (Wildman–Crippen MR) is 68.8 cm³/mol. The Labute approximate surface area is 102 Å². The van der Waals surface area contributed by atoms with Crippen molar-refractivity contribution in [3.63, 3.8) is 0 Å². The lowest BCUT2D eigenvalue weighted by molar-refractivity contribution is -0.110. The van der Waals surface area contributed by atoms with Gasteiger partial charge < -0.3 is 4.74 Å². The molecule has 0 N–H and O–H groups in total. The molecule has 0 aliphatic carbocycles. The molecule has 0 amide bonds. The molecule has 0 fully saturated rings. The first-order valence-electron chi connectivity index (χ1n) is 5.62. The van der Waals surface area contributed by atoms with E-state index in [4.69, 9.17) is 4.74 Å². The van der Waals surface area contributed by atoms with E-state index >= 15 is 0 Å². The van der Waals surface area contributed by atoms with Crippen LogP contribution >= 0.6 is 12.6 Å². The summed E-state index contributed by atoms with van der Waals surface area (Å²) in [7, 11) is 0. The molecule has 1 aromatic carbocycles. The molecule has 0 spiro atoms. The lowest BCUT2D eigenvalue weighted by Crippen LogP contribution is -2.00. The number of ether oxygens (including phenoxy) is 1. The van der Waals surface area contributed by atoms with Gasteiger partial charge in [-0.15, -0.1) is 12.6 Å². The van der Waals surface area contributed by atoms with E-state index in [2.05, 4.69) is 24.8 Å². The number of hydrogen-bond acceptors (Lipinski definition) is 2. The zero-order valence-corrected chi connectivity index (χ0v) is 10.3. The monoisotopic (exact) mass is 238 g/mol. The van der Waals surface area contributed by atoms with Gasteiger partial charge in [0.05, 0.1) is 6.61 Å². The van der Waals surface area contributed by atoms with Crippen molar-refractivity contribution >= 4 is 17.7 Å². The number of hydrogen-bond donors (Lipinski definition) is 1. The molecule has 1 rings (SSSR count). The summed E-state index contributed by atoms with van der Waals surface area (Å²) < 4.78 is 5.48. The molecule has 0 saturated heterocycles. The fourth-order valence-electron chi connectivity index (χ4n) is 1.42. The van der Waals surface area contributed by atoms with Crippen LogP contribution in [0.15, 0.2) is 30.3 Å². The second-order valence-corrected chi connectivity index (χ2v) is 4.20. The molecule has 2 nitrogen and oxygen atoms in total. The molecule has 0 bridgehead atoms. The van der Waals surface area contributed by atoms with Gasteiger partial charge in [0.1, 0.15) is 0 Å². The van der Waals surface area contributed by atoms with E-state index in [1.54, 1.807) is 0 Å². The van der Waals surface area contributed by atoms with E-state index in [9.17, 15) is 4.79 Å². The van der Waals surface area contributed by atoms with Crippen LogP contribution in [-0.2, 0) is 16.0 Å². The van der Waals surface area contributed by atoms with E-state index in [0.717, 1.165) is 32.5 Å². The zero-order valence-electron chi connectivity index (χ0n) is 9.39.